The van der Waals surface area contributed by atoms with Crippen LogP contribution in [-0.4, -0.2) is 42.8 Å². The van der Waals surface area contributed by atoms with Crippen molar-refractivity contribution in [2.75, 3.05) is 17.9 Å². The maximum Gasteiger partial charge on any atom is 0.338 e. The summed E-state index contributed by atoms with van der Waals surface area (Å²) in [5.41, 5.74) is 2.29. The molecule has 4 aromatic rings. The minimum Gasteiger partial charge on any atom is -0.462 e. The van der Waals surface area contributed by atoms with Crippen LogP contribution in [0.1, 0.15) is 49.2 Å². The van der Waals surface area contributed by atoms with E-state index >= 15 is 0 Å². The number of aromatic nitrogens is 1. The number of anilines is 1. The molecule has 0 aliphatic heterocycles. The fraction of sp³-hybridized carbons (Fsp3) is 0.300. The zero-order valence-corrected chi connectivity index (χ0v) is 23.2. The SMILES string of the molecule is CCOC(=O)c1ccc2c(ccn2CCC(C)(C)NC[C@H](O)c2cccc(NS(=O)(=O)c3ccccc3)c2)c1. The van der Waals surface area contributed by atoms with Gasteiger partial charge >= 0.3 is 5.97 Å². The lowest BCUT2D eigenvalue weighted by Crippen LogP contribution is -2.42. The molecular weight excluding hydrogens is 514 g/mol. The Labute approximate surface area is 229 Å². The van der Waals surface area contributed by atoms with E-state index in [0.717, 1.165) is 23.9 Å². The van der Waals surface area contributed by atoms with E-state index in [1.165, 1.54) is 12.1 Å². The first-order chi connectivity index (χ1) is 18.6. The summed E-state index contributed by atoms with van der Waals surface area (Å²) >= 11 is 0. The molecule has 0 aliphatic carbocycles. The second-order valence-corrected chi connectivity index (χ2v) is 11.8. The number of carbonyl (C=O) groups is 1. The summed E-state index contributed by atoms with van der Waals surface area (Å²) in [5.74, 6) is -0.324. The Morgan fingerprint density at radius 3 is 2.54 bits per heavy atom. The van der Waals surface area contributed by atoms with E-state index < -0.39 is 16.1 Å². The first kappa shape index (κ1) is 28.4. The zero-order valence-electron chi connectivity index (χ0n) is 22.4. The van der Waals surface area contributed by atoms with Crippen LogP contribution in [0.25, 0.3) is 10.9 Å². The third-order valence-corrected chi connectivity index (χ3v) is 8.01. The number of ether oxygens (including phenoxy) is 1. The van der Waals surface area contributed by atoms with Gasteiger partial charge in [0.25, 0.3) is 10.0 Å². The summed E-state index contributed by atoms with van der Waals surface area (Å²) in [6.45, 7) is 7.33. The van der Waals surface area contributed by atoms with Gasteiger partial charge in [0.2, 0.25) is 0 Å². The molecule has 0 saturated heterocycles. The van der Waals surface area contributed by atoms with E-state index in [4.69, 9.17) is 4.74 Å². The highest BCUT2D eigenvalue weighted by Crippen LogP contribution is 2.23. The maximum absolute atomic E-state index is 12.7. The van der Waals surface area contributed by atoms with Crippen LogP contribution in [0.15, 0.2) is 90.0 Å². The molecule has 1 heterocycles. The number of sulfonamides is 1. The van der Waals surface area contributed by atoms with Crippen LogP contribution in [0.3, 0.4) is 0 Å². The number of nitrogens with zero attached hydrogens (tertiary/aromatic N) is 1. The number of aryl methyl sites for hydroxylation is 1. The van der Waals surface area contributed by atoms with E-state index in [2.05, 4.69) is 28.5 Å². The molecule has 0 aliphatic rings. The minimum atomic E-state index is -3.72. The normalized spacial score (nSPS) is 12.8. The monoisotopic (exact) mass is 549 g/mol. The Bertz CT molecular complexity index is 1530. The van der Waals surface area contributed by atoms with Gasteiger partial charge in [0.1, 0.15) is 0 Å². The van der Waals surface area contributed by atoms with Crippen molar-refractivity contribution < 1.29 is 23.1 Å². The number of fused-ring (bicyclic) bond motifs is 1. The Hall–Kier alpha value is -3.66. The van der Waals surface area contributed by atoms with E-state index in [1.807, 2.05) is 24.4 Å². The second-order valence-electron chi connectivity index (χ2n) is 10.1. The van der Waals surface area contributed by atoms with E-state index in [9.17, 15) is 18.3 Å². The van der Waals surface area contributed by atoms with Crippen LogP contribution >= 0.6 is 0 Å². The number of carbonyl (C=O) groups excluding carboxylic acids is 1. The molecule has 0 spiro atoms. The van der Waals surface area contributed by atoms with Crippen LogP contribution < -0.4 is 10.0 Å². The van der Waals surface area contributed by atoms with Gasteiger partial charge in [-0.25, -0.2) is 13.2 Å². The fourth-order valence-electron chi connectivity index (χ4n) is 4.34. The Morgan fingerprint density at radius 1 is 1.03 bits per heavy atom. The molecule has 0 amide bonds. The van der Waals surface area contributed by atoms with Gasteiger partial charge in [-0.3, -0.25) is 4.72 Å². The third-order valence-electron chi connectivity index (χ3n) is 6.61. The summed E-state index contributed by atoms with van der Waals surface area (Å²) in [5, 5.41) is 15.3. The number of hydrogen-bond donors (Lipinski definition) is 3. The molecule has 3 aromatic carbocycles. The highest BCUT2D eigenvalue weighted by Gasteiger charge is 2.21. The third kappa shape index (κ3) is 7.26. The predicted molar refractivity (Wildman–Crippen MR) is 153 cm³/mol. The number of aliphatic hydroxyl groups is 1. The van der Waals surface area contributed by atoms with E-state index in [-0.39, 0.29) is 16.4 Å². The number of esters is 1. The lowest BCUT2D eigenvalue weighted by molar-refractivity contribution is 0.0526. The van der Waals surface area contributed by atoms with Gasteiger partial charge in [0.05, 0.1) is 23.2 Å². The first-order valence-corrected chi connectivity index (χ1v) is 14.4. The van der Waals surface area contributed by atoms with Crippen LogP contribution in [-0.2, 0) is 21.3 Å². The zero-order chi connectivity index (χ0) is 28.0. The molecular formula is C30H35N3O5S. The van der Waals surface area contributed by atoms with Crippen molar-refractivity contribution in [3.05, 3.63) is 96.2 Å². The number of β-amino-alcohol motifs (C(OH)–C–C–N with tert-alkyl or cyclic N) is 1. The number of benzene rings is 3. The standard InChI is InChI=1S/C30H35N3O5S/c1-4-38-29(35)24-13-14-27-22(19-24)15-17-33(27)18-16-30(2,3)31-21-28(34)23-9-8-10-25(20-23)32-39(36,37)26-11-6-5-7-12-26/h5-15,17,19-20,28,31-32,34H,4,16,18,21H2,1-3H3/t28-/m0/s1. The molecule has 0 radical (unpaired) electrons. The van der Waals surface area contributed by atoms with Crippen molar-refractivity contribution in [1.29, 1.82) is 0 Å². The van der Waals surface area contributed by atoms with Gasteiger partial charge in [-0.05, 0) is 81.3 Å². The summed E-state index contributed by atoms with van der Waals surface area (Å²) in [6.07, 6.45) is 1.98. The summed E-state index contributed by atoms with van der Waals surface area (Å²) in [4.78, 5) is 12.2. The predicted octanol–water partition coefficient (Wildman–Crippen LogP) is 5.11. The number of hydrogen-bond acceptors (Lipinski definition) is 6. The van der Waals surface area contributed by atoms with Crippen molar-refractivity contribution >= 4 is 32.6 Å². The Balaban J connectivity index is 1.34. The van der Waals surface area contributed by atoms with Crippen molar-refractivity contribution in [3.63, 3.8) is 0 Å². The number of nitrogens with one attached hydrogen (secondary N) is 2. The average molecular weight is 550 g/mol. The van der Waals surface area contributed by atoms with Crippen LogP contribution in [0, 0.1) is 0 Å². The highest BCUT2D eigenvalue weighted by molar-refractivity contribution is 7.92. The quantitative estimate of drug-likeness (QED) is 0.212. The molecule has 0 bridgehead atoms. The maximum atomic E-state index is 12.7. The molecule has 1 atom stereocenters. The Kier molecular flexibility index (Phi) is 8.74. The molecule has 8 nitrogen and oxygen atoms in total. The van der Waals surface area contributed by atoms with Crippen molar-refractivity contribution in [2.45, 2.75) is 50.3 Å². The largest absolute Gasteiger partial charge is 0.462 e. The fourth-order valence-corrected chi connectivity index (χ4v) is 5.41. The smallest absolute Gasteiger partial charge is 0.338 e. The molecule has 9 heteroatoms. The topological polar surface area (TPSA) is 110 Å². The van der Waals surface area contributed by atoms with Crippen LogP contribution in [0.2, 0.25) is 0 Å². The molecule has 1 aromatic heterocycles. The Morgan fingerprint density at radius 2 is 1.79 bits per heavy atom. The molecule has 39 heavy (non-hydrogen) atoms. The van der Waals surface area contributed by atoms with Gasteiger partial charge in [-0.15, -0.1) is 0 Å². The van der Waals surface area contributed by atoms with Gasteiger partial charge in [0, 0.05) is 41.4 Å². The lowest BCUT2D eigenvalue weighted by Gasteiger charge is -2.28. The van der Waals surface area contributed by atoms with Crippen LogP contribution in [0.4, 0.5) is 5.69 Å². The van der Waals surface area contributed by atoms with E-state index in [1.54, 1.807) is 55.5 Å². The molecule has 0 unspecified atom stereocenters. The minimum absolute atomic E-state index is 0.175. The van der Waals surface area contributed by atoms with Gasteiger partial charge < -0.3 is 19.7 Å². The molecule has 4 rings (SSSR count). The van der Waals surface area contributed by atoms with Gasteiger partial charge in [-0.1, -0.05) is 30.3 Å². The molecule has 0 saturated carbocycles. The summed E-state index contributed by atoms with van der Waals surface area (Å²) < 4.78 is 35.1. The van der Waals surface area contributed by atoms with Crippen molar-refractivity contribution in [3.8, 4) is 0 Å². The van der Waals surface area contributed by atoms with Gasteiger partial charge in [0.15, 0.2) is 0 Å². The second kappa shape index (κ2) is 12.0. The average Bonchev–Trinajstić information content (AvgIpc) is 3.33. The lowest BCUT2D eigenvalue weighted by atomic mass is 9.99. The number of aliphatic hydroxyl groups excluding tert-OH is 1. The van der Waals surface area contributed by atoms with E-state index in [0.29, 0.717) is 30.0 Å². The van der Waals surface area contributed by atoms with Crippen molar-refractivity contribution in [2.24, 2.45) is 0 Å². The van der Waals surface area contributed by atoms with Crippen LogP contribution in [0.5, 0.6) is 0 Å². The summed E-state index contributed by atoms with van der Waals surface area (Å²) in [7, 11) is -3.72. The molecule has 3 N–H and O–H groups in total. The van der Waals surface area contributed by atoms with Gasteiger partial charge in [-0.2, -0.15) is 0 Å². The number of rotatable bonds is 12. The highest BCUT2D eigenvalue weighted by atomic mass is 32.2. The molecule has 0 fully saturated rings. The van der Waals surface area contributed by atoms with Crippen molar-refractivity contribution in [1.82, 2.24) is 9.88 Å². The molecule has 206 valence electrons. The first-order valence-electron chi connectivity index (χ1n) is 12.9. The summed E-state index contributed by atoms with van der Waals surface area (Å²) in [6, 6.07) is 22.5.